The first kappa shape index (κ1) is 16.5. The largest absolute Gasteiger partial charge is 0.428 e. The molecule has 1 amide bonds. The number of amides is 1. The van der Waals surface area contributed by atoms with E-state index < -0.39 is 26.7 Å². The second-order valence-corrected chi connectivity index (χ2v) is 7.52. The maximum atomic E-state index is 12.3. The van der Waals surface area contributed by atoms with E-state index in [4.69, 9.17) is 16.0 Å². The molecular weight excluding hydrogens is 352 g/mol. The van der Waals surface area contributed by atoms with Crippen LogP contribution in [0.15, 0.2) is 52.1 Å². The Morgan fingerprint density at radius 2 is 2.00 bits per heavy atom. The zero-order valence-electron chi connectivity index (χ0n) is 12.6. The molecule has 3 aromatic rings. The van der Waals surface area contributed by atoms with Crippen LogP contribution in [0.1, 0.15) is 5.56 Å². The van der Waals surface area contributed by atoms with Crippen LogP contribution in [-0.2, 0) is 14.6 Å². The van der Waals surface area contributed by atoms with Gasteiger partial charge in [-0.3, -0.25) is 4.79 Å². The smallest absolute Gasteiger partial charge is 0.316 e. The number of oxazole rings is 1. The summed E-state index contributed by atoms with van der Waals surface area (Å²) in [5.41, 5.74) is 2.00. The maximum absolute atomic E-state index is 12.3. The lowest BCUT2D eigenvalue weighted by atomic mass is 10.2. The lowest BCUT2D eigenvalue weighted by molar-refractivity contribution is -0.113. The minimum atomic E-state index is -3.99. The normalized spacial score (nSPS) is 11.6. The molecule has 6 nitrogen and oxygen atoms in total. The molecule has 1 heterocycles. The first-order valence-electron chi connectivity index (χ1n) is 6.99. The molecule has 8 heteroatoms. The Labute approximate surface area is 143 Å². The van der Waals surface area contributed by atoms with Crippen molar-refractivity contribution in [3.8, 4) is 0 Å². The summed E-state index contributed by atoms with van der Waals surface area (Å²) < 4.78 is 29.8. The summed E-state index contributed by atoms with van der Waals surface area (Å²) in [5.74, 6) is -1.46. The first-order valence-corrected chi connectivity index (χ1v) is 9.02. The third kappa shape index (κ3) is 3.42. The van der Waals surface area contributed by atoms with Crippen molar-refractivity contribution in [2.75, 3.05) is 11.1 Å². The highest BCUT2D eigenvalue weighted by molar-refractivity contribution is 7.91. The van der Waals surface area contributed by atoms with E-state index in [1.807, 2.05) is 0 Å². The van der Waals surface area contributed by atoms with Gasteiger partial charge in [-0.2, -0.15) is 4.98 Å². The van der Waals surface area contributed by atoms with E-state index in [0.717, 1.165) is 5.56 Å². The second kappa shape index (κ2) is 6.26. The molecule has 0 aliphatic rings. The van der Waals surface area contributed by atoms with Gasteiger partial charge < -0.3 is 9.73 Å². The predicted molar refractivity (Wildman–Crippen MR) is 90.9 cm³/mol. The van der Waals surface area contributed by atoms with Crippen molar-refractivity contribution in [1.29, 1.82) is 0 Å². The van der Waals surface area contributed by atoms with Gasteiger partial charge in [-0.1, -0.05) is 29.8 Å². The molecular formula is C16H13ClN2O4S. The number of hydrogen-bond donors (Lipinski definition) is 1. The standard InChI is InChI=1S/C16H13ClN2O4S/c1-10-6-7-11(17)8-13(10)18-15(20)9-24(21,22)16-19-12-4-2-3-5-14(12)23-16/h2-8H,9H2,1H3,(H,18,20). The van der Waals surface area contributed by atoms with Crippen molar-refractivity contribution in [2.24, 2.45) is 0 Å². The number of carbonyl (C=O) groups excluding carboxylic acids is 1. The molecule has 0 spiro atoms. The highest BCUT2D eigenvalue weighted by Crippen LogP contribution is 2.22. The molecule has 0 aliphatic heterocycles. The number of nitrogens with one attached hydrogen (secondary N) is 1. The lowest BCUT2D eigenvalue weighted by Crippen LogP contribution is -2.23. The zero-order chi connectivity index (χ0) is 17.3. The van der Waals surface area contributed by atoms with E-state index in [0.29, 0.717) is 21.8 Å². The van der Waals surface area contributed by atoms with Crippen molar-refractivity contribution >= 4 is 44.1 Å². The number of aryl methyl sites for hydroxylation is 1. The Morgan fingerprint density at radius 3 is 2.75 bits per heavy atom. The molecule has 0 fully saturated rings. The number of sulfone groups is 1. The highest BCUT2D eigenvalue weighted by atomic mass is 35.5. The summed E-state index contributed by atoms with van der Waals surface area (Å²) in [7, 11) is -3.99. The number of nitrogens with zero attached hydrogens (tertiary/aromatic N) is 1. The van der Waals surface area contributed by atoms with E-state index >= 15 is 0 Å². The first-order chi connectivity index (χ1) is 11.3. The number of hydrogen-bond acceptors (Lipinski definition) is 5. The van der Waals surface area contributed by atoms with Crippen molar-refractivity contribution < 1.29 is 17.6 Å². The number of carbonyl (C=O) groups is 1. The molecule has 2 aromatic carbocycles. The number of halogens is 1. The van der Waals surface area contributed by atoms with Crippen molar-refractivity contribution in [1.82, 2.24) is 4.98 Å². The van der Waals surface area contributed by atoms with Crippen molar-refractivity contribution in [3.63, 3.8) is 0 Å². The molecule has 3 rings (SSSR count). The van der Waals surface area contributed by atoms with Crippen LogP contribution in [0.25, 0.3) is 11.1 Å². The molecule has 0 bridgehead atoms. The third-order valence-electron chi connectivity index (χ3n) is 3.34. The summed E-state index contributed by atoms with van der Waals surface area (Å²) in [5, 5.41) is 2.51. The Balaban J connectivity index is 1.81. The third-order valence-corrected chi connectivity index (χ3v) is 4.92. The molecule has 124 valence electrons. The van der Waals surface area contributed by atoms with Crippen molar-refractivity contribution in [3.05, 3.63) is 53.1 Å². The van der Waals surface area contributed by atoms with Crippen LogP contribution >= 0.6 is 11.6 Å². The minimum absolute atomic E-state index is 0.349. The van der Waals surface area contributed by atoms with Crippen LogP contribution in [0.4, 0.5) is 5.69 Å². The molecule has 24 heavy (non-hydrogen) atoms. The monoisotopic (exact) mass is 364 g/mol. The van der Waals surface area contributed by atoms with Crippen LogP contribution in [0.3, 0.4) is 0 Å². The number of fused-ring (bicyclic) bond motifs is 1. The molecule has 0 saturated heterocycles. The average Bonchev–Trinajstić information content (AvgIpc) is 2.95. The molecule has 0 saturated carbocycles. The molecule has 0 atom stereocenters. The Morgan fingerprint density at radius 1 is 1.25 bits per heavy atom. The quantitative estimate of drug-likeness (QED) is 0.767. The SMILES string of the molecule is Cc1ccc(Cl)cc1NC(=O)CS(=O)(=O)c1nc2ccccc2o1. The fourth-order valence-electron chi connectivity index (χ4n) is 2.13. The van der Waals surface area contributed by atoms with Gasteiger partial charge in [-0.15, -0.1) is 0 Å². The van der Waals surface area contributed by atoms with Gasteiger partial charge in [0.2, 0.25) is 15.7 Å². The van der Waals surface area contributed by atoms with Crippen LogP contribution in [0.5, 0.6) is 0 Å². The van der Waals surface area contributed by atoms with E-state index in [2.05, 4.69) is 10.3 Å². The fraction of sp³-hybridized carbons (Fsp3) is 0.125. The fourth-order valence-corrected chi connectivity index (χ4v) is 3.30. The van der Waals surface area contributed by atoms with Gasteiger partial charge in [0.1, 0.15) is 11.3 Å². The molecule has 1 N–H and O–H groups in total. The van der Waals surface area contributed by atoms with Crippen LogP contribution in [0.2, 0.25) is 5.02 Å². The summed E-state index contributed by atoms with van der Waals surface area (Å²) in [6.07, 6.45) is 0. The van der Waals surface area contributed by atoms with Crippen LogP contribution in [-0.4, -0.2) is 25.1 Å². The van der Waals surface area contributed by atoms with Gasteiger partial charge >= 0.3 is 5.22 Å². The molecule has 1 aromatic heterocycles. The van der Waals surface area contributed by atoms with E-state index in [9.17, 15) is 13.2 Å². The molecule has 0 aliphatic carbocycles. The topological polar surface area (TPSA) is 89.3 Å². The molecule has 0 radical (unpaired) electrons. The van der Waals surface area contributed by atoms with Gasteiger partial charge in [0, 0.05) is 10.7 Å². The molecule has 0 unspecified atom stereocenters. The Bertz CT molecular complexity index is 994. The lowest BCUT2D eigenvalue weighted by Gasteiger charge is -2.08. The van der Waals surface area contributed by atoms with Gasteiger partial charge in [0.25, 0.3) is 0 Å². The second-order valence-electron chi connectivity index (χ2n) is 5.21. The van der Waals surface area contributed by atoms with Crippen LogP contribution in [0, 0.1) is 6.92 Å². The predicted octanol–water partition coefficient (Wildman–Crippen LogP) is 3.20. The maximum Gasteiger partial charge on any atom is 0.316 e. The number of benzene rings is 2. The number of para-hydroxylation sites is 2. The Hall–Kier alpha value is -2.38. The number of anilines is 1. The van der Waals surface area contributed by atoms with E-state index in [-0.39, 0.29) is 0 Å². The van der Waals surface area contributed by atoms with E-state index in [1.54, 1.807) is 49.4 Å². The number of aromatic nitrogens is 1. The Kier molecular flexibility index (Phi) is 4.29. The van der Waals surface area contributed by atoms with Crippen molar-refractivity contribution in [2.45, 2.75) is 12.1 Å². The van der Waals surface area contributed by atoms with Gasteiger partial charge in [-0.05, 0) is 36.8 Å². The van der Waals surface area contributed by atoms with Gasteiger partial charge in [0.05, 0.1) is 0 Å². The summed E-state index contributed by atoms with van der Waals surface area (Å²) >= 11 is 5.88. The van der Waals surface area contributed by atoms with Gasteiger partial charge in [-0.25, -0.2) is 8.42 Å². The van der Waals surface area contributed by atoms with Gasteiger partial charge in [0.15, 0.2) is 5.58 Å². The highest BCUT2D eigenvalue weighted by Gasteiger charge is 2.25. The minimum Gasteiger partial charge on any atom is -0.428 e. The summed E-state index contributed by atoms with van der Waals surface area (Å²) in [4.78, 5) is 16.0. The summed E-state index contributed by atoms with van der Waals surface area (Å²) in [6, 6.07) is 11.6. The van der Waals surface area contributed by atoms with E-state index in [1.165, 1.54) is 0 Å². The zero-order valence-corrected chi connectivity index (χ0v) is 14.2. The average molecular weight is 365 g/mol. The number of rotatable bonds is 4. The summed E-state index contributed by atoms with van der Waals surface area (Å²) in [6.45, 7) is 1.78. The van der Waals surface area contributed by atoms with Crippen LogP contribution < -0.4 is 5.32 Å².